The molecule has 3 heterocycles. The Kier molecular flexibility index (Phi) is 3.87. The number of rotatable bonds is 3. The first-order chi connectivity index (χ1) is 13.6. The van der Waals surface area contributed by atoms with Crippen LogP contribution in [0.25, 0.3) is 21.8 Å². The molecule has 1 aliphatic heterocycles. The van der Waals surface area contributed by atoms with Gasteiger partial charge in [0.15, 0.2) is 0 Å². The molecule has 2 aromatic heterocycles. The zero-order valence-electron chi connectivity index (χ0n) is 15.0. The number of benzene rings is 2. The number of hydrogen-bond acceptors (Lipinski definition) is 3. The summed E-state index contributed by atoms with van der Waals surface area (Å²) in [7, 11) is -0.908. The van der Waals surface area contributed by atoms with E-state index in [4.69, 9.17) is 4.98 Å². The molecule has 2 aromatic carbocycles. The number of fused-ring (bicyclic) bond motifs is 2. The molecule has 0 saturated carbocycles. The number of amides is 2. The molecule has 6 heteroatoms. The van der Waals surface area contributed by atoms with E-state index in [9.17, 15) is 9.59 Å². The van der Waals surface area contributed by atoms with Gasteiger partial charge in [-0.05, 0) is 29.8 Å². The van der Waals surface area contributed by atoms with E-state index in [1.165, 1.54) is 0 Å². The molecule has 1 fully saturated rings. The Morgan fingerprint density at radius 1 is 1.04 bits per heavy atom. The molecular formula is C22H17N3O2S. The fourth-order valence-electron chi connectivity index (χ4n) is 3.75. The van der Waals surface area contributed by atoms with Crippen LogP contribution in [0.1, 0.15) is 16.5 Å². The largest absolute Gasteiger partial charge is 0.341 e. The number of para-hydroxylation sites is 1. The quantitative estimate of drug-likeness (QED) is 0.535. The molecule has 5 rings (SSSR count). The molecule has 2 atom stereocenters. The van der Waals surface area contributed by atoms with Crippen LogP contribution in [0.2, 0.25) is 0 Å². The Balaban J connectivity index is 1.55. The minimum Gasteiger partial charge on any atom is -0.341 e. The maximum absolute atomic E-state index is 12.3. The smallest absolute Gasteiger partial charge is 0.280 e. The lowest BCUT2D eigenvalue weighted by Crippen LogP contribution is -2.20. The predicted molar refractivity (Wildman–Crippen MR) is 114 cm³/mol. The first-order valence-corrected chi connectivity index (χ1v) is 10.4. The molecule has 1 aliphatic rings. The summed E-state index contributed by atoms with van der Waals surface area (Å²) in [6.07, 6.45) is 2.00. The molecule has 28 heavy (non-hydrogen) atoms. The topological polar surface area (TPSA) is 64.0 Å². The van der Waals surface area contributed by atoms with Gasteiger partial charge in [0.2, 0.25) is 5.91 Å². The van der Waals surface area contributed by atoms with Crippen LogP contribution in [0.3, 0.4) is 0 Å². The molecule has 0 bridgehead atoms. The minimum atomic E-state index is -0.908. The van der Waals surface area contributed by atoms with E-state index in [1.807, 2.05) is 60.8 Å². The molecular weight excluding hydrogens is 370 g/mol. The van der Waals surface area contributed by atoms with Crippen molar-refractivity contribution in [2.24, 2.45) is 0 Å². The number of imide groups is 1. The lowest BCUT2D eigenvalue weighted by Gasteiger charge is -2.11. The third kappa shape index (κ3) is 2.65. The standard InChI is InChI=1S/C22H17N3O2S/c1-28-20(21(26)24-22(28)27)17-6-4-8-19-16(17)11-12-25(19)13-15-10-9-14-5-2-3-7-18(14)23-15/h2-12,20H,1,13H2,(H,24,26,27). The fourth-order valence-corrected chi connectivity index (χ4v) is 5.02. The molecule has 0 radical (unpaired) electrons. The highest BCUT2D eigenvalue weighted by atomic mass is 32.2. The van der Waals surface area contributed by atoms with Crippen LogP contribution in [-0.4, -0.2) is 26.6 Å². The van der Waals surface area contributed by atoms with Gasteiger partial charge in [-0.3, -0.25) is 19.9 Å². The highest BCUT2D eigenvalue weighted by Gasteiger charge is 2.36. The highest BCUT2D eigenvalue weighted by Crippen LogP contribution is 2.42. The zero-order valence-corrected chi connectivity index (χ0v) is 15.8. The Labute approximate surface area is 163 Å². The summed E-state index contributed by atoms with van der Waals surface area (Å²) in [5, 5.41) is 3.68. The summed E-state index contributed by atoms with van der Waals surface area (Å²) in [4.78, 5) is 28.9. The van der Waals surface area contributed by atoms with E-state index in [0.29, 0.717) is 6.54 Å². The van der Waals surface area contributed by atoms with Crippen LogP contribution in [0.4, 0.5) is 4.79 Å². The van der Waals surface area contributed by atoms with Gasteiger partial charge in [-0.25, -0.2) is 0 Å². The maximum Gasteiger partial charge on any atom is 0.280 e. The number of nitrogens with one attached hydrogen (secondary N) is 1. The Morgan fingerprint density at radius 3 is 2.71 bits per heavy atom. The van der Waals surface area contributed by atoms with Crippen molar-refractivity contribution in [1.82, 2.24) is 14.9 Å². The summed E-state index contributed by atoms with van der Waals surface area (Å²) in [6, 6.07) is 20.0. The number of pyridine rings is 1. The summed E-state index contributed by atoms with van der Waals surface area (Å²) in [5.74, 6) is 3.65. The predicted octanol–water partition coefficient (Wildman–Crippen LogP) is 4.23. The van der Waals surface area contributed by atoms with Crippen molar-refractivity contribution < 1.29 is 9.59 Å². The van der Waals surface area contributed by atoms with Crippen LogP contribution in [0.15, 0.2) is 66.9 Å². The van der Waals surface area contributed by atoms with Gasteiger partial charge in [-0.2, -0.15) is 0 Å². The van der Waals surface area contributed by atoms with Crippen LogP contribution < -0.4 is 5.32 Å². The molecule has 4 aromatic rings. The fraction of sp³-hybridized carbons (Fsp3) is 0.0909. The molecule has 1 saturated heterocycles. The Bertz CT molecular complexity index is 1290. The van der Waals surface area contributed by atoms with E-state index in [0.717, 1.165) is 33.1 Å². The molecule has 1 N–H and O–H groups in total. The second-order valence-electron chi connectivity index (χ2n) is 6.80. The van der Waals surface area contributed by atoms with Crippen LogP contribution in [0, 0.1) is 0 Å². The number of carbonyl (C=O) groups excluding carboxylic acids is 2. The summed E-state index contributed by atoms with van der Waals surface area (Å²) in [6.45, 7) is 0.629. The van der Waals surface area contributed by atoms with Crippen molar-refractivity contribution in [2.75, 3.05) is 0 Å². The number of nitrogens with zero attached hydrogens (tertiary/aromatic N) is 2. The second kappa shape index (κ2) is 6.42. The van der Waals surface area contributed by atoms with E-state index in [2.05, 4.69) is 21.8 Å². The zero-order chi connectivity index (χ0) is 19.3. The van der Waals surface area contributed by atoms with Crippen molar-refractivity contribution in [3.63, 3.8) is 0 Å². The lowest BCUT2D eigenvalue weighted by atomic mass is 10.1. The summed E-state index contributed by atoms with van der Waals surface area (Å²) >= 11 is 0. The molecule has 5 nitrogen and oxygen atoms in total. The van der Waals surface area contributed by atoms with E-state index in [1.54, 1.807) is 0 Å². The van der Waals surface area contributed by atoms with E-state index < -0.39 is 15.7 Å². The number of aromatic nitrogens is 2. The first-order valence-electron chi connectivity index (χ1n) is 8.92. The van der Waals surface area contributed by atoms with Crippen molar-refractivity contribution in [3.8, 4) is 0 Å². The van der Waals surface area contributed by atoms with Crippen molar-refractivity contribution >= 4 is 49.3 Å². The second-order valence-corrected chi connectivity index (χ2v) is 8.50. The van der Waals surface area contributed by atoms with E-state index in [-0.39, 0.29) is 11.1 Å². The lowest BCUT2D eigenvalue weighted by molar-refractivity contribution is -0.119. The minimum absolute atomic E-state index is 0.264. The van der Waals surface area contributed by atoms with Gasteiger partial charge in [0.1, 0.15) is 5.25 Å². The monoisotopic (exact) mass is 387 g/mol. The van der Waals surface area contributed by atoms with Crippen molar-refractivity contribution in [1.29, 1.82) is 0 Å². The average molecular weight is 387 g/mol. The number of hydrogen-bond donors (Lipinski definition) is 1. The van der Waals surface area contributed by atoms with Crippen molar-refractivity contribution in [3.05, 3.63) is 78.1 Å². The van der Waals surface area contributed by atoms with Gasteiger partial charge < -0.3 is 4.57 Å². The van der Waals surface area contributed by atoms with Crippen LogP contribution in [-0.2, 0) is 11.3 Å². The normalized spacial score (nSPS) is 19.4. The molecule has 138 valence electrons. The van der Waals surface area contributed by atoms with Crippen LogP contribution >= 0.6 is 10.5 Å². The van der Waals surface area contributed by atoms with Gasteiger partial charge in [-0.15, -0.1) is 0 Å². The SMILES string of the molecule is C=S1C(=O)NC(=O)C1c1cccc2c1ccn2Cc1ccc2ccccc2n1. The van der Waals surface area contributed by atoms with E-state index >= 15 is 0 Å². The van der Waals surface area contributed by atoms with Gasteiger partial charge in [0.25, 0.3) is 5.24 Å². The van der Waals surface area contributed by atoms with Gasteiger partial charge in [0, 0.05) is 22.5 Å². The molecule has 0 aliphatic carbocycles. The molecule has 0 spiro atoms. The maximum atomic E-state index is 12.3. The number of carbonyl (C=O) groups is 2. The van der Waals surface area contributed by atoms with Gasteiger partial charge in [-0.1, -0.05) is 52.8 Å². The Morgan fingerprint density at radius 2 is 1.89 bits per heavy atom. The van der Waals surface area contributed by atoms with Gasteiger partial charge >= 0.3 is 0 Å². The highest BCUT2D eigenvalue weighted by molar-refractivity contribution is 8.28. The first kappa shape index (κ1) is 16.9. The average Bonchev–Trinajstić information content (AvgIpc) is 3.22. The summed E-state index contributed by atoms with van der Waals surface area (Å²) < 4.78 is 2.12. The van der Waals surface area contributed by atoms with Crippen molar-refractivity contribution in [2.45, 2.75) is 11.8 Å². The Hall–Kier alpha value is -3.25. The third-order valence-corrected chi connectivity index (χ3v) is 6.72. The van der Waals surface area contributed by atoms with Crippen LogP contribution in [0.5, 0.6) is 0 Å². The molecule has 2 unspecified atom stereocenters. The third-order valence-electron chi connectivity index (χ3n) is 5.10. The molecule has 2 amide bonds. The van der Waals surface area contributed by atoms with Gasteiger partial charge in [0.05, 0.1) is 17.8 Å². The summed E-state index contributed by atoms with van der Waals surface area (Å²) in [5.41, 5.74) is 3.80.